The van der Waals surface area contributed by atoms with Gasteiger partial charge in [-0.25, -0.2) is 0 Å². The molecule has 0 fully saturated rings. The Morgan fingerprint density at radius 1 is 1.08 bits per heavy atom. The third-order valence-corrected chi connectivity index (χ3v) is 2.36. The number of hydrogen-bond donors (Lipinski definition) is 0. The van der Waals surface area contributed by atoms with Crippen LogP contribution in [0.15, 0.2) is 36.5 Å². The van der Waals surface area contributed by atoms with E-state index in [0.29, 0.717) is 0 Å². The van der Waals surface area contributed by atoms with Crippen LogP contribution in [0.1, 0.15) is 0 Å². The molecule has 1 heterocycles. The van der Waals surface area contributed by atoms with Crippen molar-refractivity contribution in [1.29, 1.82) is 0 Å². The predicted octanol–water partition coefficient (Wildman–Crippen LogP) is -1.97. The number of aromatic nitrogens is 1. The molecule has 0 atom stereocenters. The monoisotopic (exact) mass is 231 g/mol. The second kappa shape index (κ2) is 4.21. The molecule has 0 saturated carbocycles. The van der Waals surface area contributed by atoms with Gasteiger partial charge in [-0.05, 0) is 0 Å². The first-order valence-electron chi connectivity index (χ1n) is 3.53. The summed E-state index contributed by atoms with van der Waals surface area (Å²) >= 11 is 1.90. The number of benzene rings is 1. The van der Waals surface area contributed by atoms with E-state index in [4.69, 9.17) is 0 Å². The van der Waals surface area contributed by atoms with E-state index in [2.05, 4.69) is 11.1 Å². The number of halogens is 1. The van der Waals surface area contributed by atoms with Crippen molar-refractivity contribution in [1.82, 2.24) is 4.98 Å². The molecule has 0 amide bonds. The molecule has 56 valence electrons. The van der Waals surface area contributed by atoms with Crippen molar-refractivity contribution in [3.8, 4) is 0 Å². The minimum atomic E-state index is 0. The summed E-state index contributed by atoms with van der Waals surface area (Å²) in [7, 11) is 0. The van der Waals surface area contributed by atoms with E-state index < -0.39 is 0 Å². The van der Waals surface area contributed by atoms with Crippen LogP contribution in [0.3, 0.4) is 0 Å². The van der Waals surface area contributed by atoms with Crippen molar-refractivity contribution in [2.24, 2.45) is 0 Å². The molecule has 0 spiro atoms. The van der Waals surface area contributed by atoms with Crippen molar-refractivity contribution in [2.45, 2.75) is 0 Å². The summed E-state index contributed by atoms with van der Waals surface area (Å²) in [5, 5.41) is 1.26. The minimum absolute atomic E-state index is 0. The standard InChI is InChI=1S/C9H6N.BrH.Mg/c1-2-6-9-8(4-1)5-3-7-10-9;;/h1-4,6-7H;1H;/q;;+1/p-1. The van der Waals surface area contributed by atoms with Gasteiger partial charge in [0.05, 0.1) is 0 Å². The molecule has 0 N–H and O–H groups in total. The second-order valence-corrected chi connectivity index (χ2v) is 3.25. The maximum absolute atomic E-state index is 4.25. The van der Waals surface area contributed by atoms with Crippen LogP contribution in [0.5, 0.6) is 0 Å². The molecule has 1 aromatic carbocycles. The Hall–Kier alpha value is -0.124. The van der Waals surface area contributed by atoms with Gasteiger partial charge in [-0.2, -0.15) is 0 Å². The average Bonchev–Trinajstić information content (AvgIpc) is 2.06. The van der Waals surface area contributed by atoms with Gasteiger partial charge >= 0.3 is 77.8 Å². The van der Waals surface area contributed by atoms with Crippen LogP contribution in [0.2, 0.25) is 0 Å². The Labute approximate surface area is 94.4 Å². The molecular weight excluding hydrogens is 226 g/mol. The molecule has 2 rings (SSSR count). The van der Waals surface area contributed by atoms with E-state index in [1.165, 1.54) is 9.08 Å². The van der Waals surface area contributed by atoms with E-state index >= 15 is 0 Å². The molecule has 1 nitrogen and oxygen atoms in total. The molecule has 0 saturated heterocycles. The summed E-state index contributed by atoms with van der Waals surface area (Å²) in [4.78, 5) is 4.25. The Kier molecular flexibility index (Phi) is 3.49. The summed E-state index contributed by atoms with van der Waals surface area (Å²) in [6.45, 7) is 0. The SMILES string of the molecule is [Br-].[Mg+][c]1ccnc2ccccc12. The van der Waals surface area contributed by atoms with Crippen LogP contribution in [-0.2, 0) is 0 Å². The molecular formula is C9H6BrMgN. The molecule has 0 aliphatic heterocycles. The van der Waals surface area contributed by atoms with Gasteiger partial charge in [0, 0.05) is 0 Å². The number of pyridine rings is 1. The van der Waals surface area contributed by atoms with Gasteiger partial charge in [0.15, 0.2) is 0 Å². The van der Waals surface area contributed by atoms with Gasteiger partial charge in [0.2, 0.25) is 0 Å². The average molecular weight is 232 g/mol. The fourth-order valence-corrected chi connectivity index (χ4v) is 1.56. The first-order chi connectivity index (χ1) is 5.38. The summed E-state index contributed by atoms with van der Waals surface area (Å²) in [6.07, 6.45) is 1.85. The van der Waals surface area contributed by atoms with Crippen LogP contribution in [0.25, 0.3) is 10.9 Å². The van der Waals surface area contributed by atoms with Gasteiger partial charge < -0.3 is 17.0 Å². The van der Waals surface area contributed by atoms with Gasteiger partial charge in [0.1, 0.15) is 0 Å². The molecule has 12 heavy (non-hydrogen) atoms. The van der Waals surface area contributed by atoms with Gasteiger partial charge in [0.25, 0.3) is 0 Å². The maximum atomic E-state index is 4.25. The van der Waals surface area contributed by atoms with Gasteiger partial charge in [-0.3, -0.25) is 0 Å². The summed E-state index contributed by atoms with van der Waals surface area (Å²) in [5.74, 6) is 0. The van der Waals surface area contributed by atoms with Crippen molar-refractivity contribution in [2.75, 3.05) is 0 Å². The first-order valence-corrected chi connectivity index (χ1v) is 4.24. The van der Waals surface area contributed by atoms with E-state index in [1.807, 2.05) is 52.2 Å². The number of rotatable bonds is 0. The molecule has 0 unspecified atom stereocenters. The third-order valence-electron chi connectivity index (χ3n) is 1.74. The van der Waals surface area contributed by atoms with Crippen LogP contribution >= 0.6 is 0 Å². The number of nitrogens with zero attached hydrogens (tertiary/aromatic N) is 1. The quantitative estimate of drug-likeness (QED) is 0.480. The fraction of sp³-hybridized carbons (Fsp3) is 0. The number of hydrogen-bond acceptors (Lipinski definition) is 1. The van der Waals surface area contributed by atoms with E-state index in [0.717, 1.165) is 5.52 Å². The van der Waals surface area contributed by atoms with Crippen LogP contribution in [-0.4, -0.2) is 26.7 Å². The number of para-hydroxylation sites is 1. The van der Waals surface area contributed by atoms with Gasteiger partial charge in [-0.1, -0.05) is 0 Å². The fourth-order valence-electron chi connectivity index (χ4n) is 1.16. The topological polar surface area (TPSA) is 12.9 Å². The Bertz CT molecular complexity index is 384. The van der Waals surface area contributed by atoms with Crippen molar-refractivity contribution in [3.63, 3.8) is 0 Å². The Balaban J connectivity index is 0.000000720. The van der Waals surface area contributed by atoms with Crippen LogP contribution in [0, 0.1) is 0 Å². The van der Waals surface area contributed by atoms with Crippen molar-refractivity contribution in [3.05, 3.63) is 36.5 Å². The summed E-state index contributed by atoms with van der Waals surface area (Å²) < 4.78 is 1.32. The van der Waals surface area contributed by atoms with Gasteiger partial charge in [-0.15, -0.1) is 0 Å². The Morgan fingerprint density at radius 2 is 1.83 bits per heavy atom. The third kappa shape index (κ3) is 1.79. The number of fused-ring (bicyclic) bond motifs is 1. The van der Waals surface area contributed by atoms with Crippen LogP contribution in [0.4, 0.5) is 0 Å². The van der Waals surface area contributed by atoms with E-state index in [9.17, 15) is 0 Å². The summed E-state index contributed by atoms with van der Waals surface area (Å²) in [5.41, 5.74) is 1.08. The zero-order valence-electron chi connectivity index (χ0n) is 6.50. The zero-order valence-corrected chi connectivity index (χ0v) is 9.50. The molecule has 0 radical (unpaired) electrons. The molecule has 3 heteroatoms. The molecule has 1 aromatic heterocycles. The zero-order chi connectivity index (χ0) is 7.68. The molecule has 0 bridgehead atoms. The molecule has 0 aliphatic carbocycles. The predicted molar refractivity (Wildman–Crippen MR) is 47.1 cm³/mol. The Morgan fingerprint density at radius 3 is 2.58 bits per heavy atom. The second-order valence-electron chi connectivity index (χ2n) is 2.49. The van der Waals surface area contributed by atoms with E-state index in [-0.39, 0.29) is 17.0 Å². The van der Waals surface area contributed by atoms with Crippen molar-refractivity contribution < 1.29 is 17.0 Å². The normalized spacial score (nSPS) is 9.50. The van der Waals surface area contributed by atoms with Crippen LogP contribution < -0.4 is 20.7 Å². The van der Waals surface area contributed by atoms with Crippen molar-refractivity contribution >= 4 is 36.3 Å². The first kappa shape index (κ1) is 9.96. The molecule has 2 aromatic rings. The summed E-state index contributed by atoms with van der Waals surface area (Å²) in [6, 6.07) is 10.2. The van der Waals surface area contributed by atoms with E-state index in [1.54, 1.807) is 0 Å². The molecule has 0 aliphatic rings.